The second-order valence-corrected chi connectivity index (χ2v) is 4.84. The zero-order valence-electron chi connectivity index (χ0n) is 10.5. The Morgan fingerprint density at radius 3 is 3.07 bits per heavy atom. The maximum Gasteiger partial charge on any atom is 0.0737 e. The Morgan fingerprint density at radius 2 is 2.29 bits per heavy atom. The van der Waals surface area contributed by atoms with Gasteiger partial charge in [-0.25, -0.2) is 0 Å². The third kappa shape index (κ3) is 1.73. The molecule has 80 valence electrons. The smallest absolute Gasteiger partial charge is 0.0737 e. The summed E-state index contributed by atoms with van der Waals surface area (Å²) in [4.78, 5) is 0. The summed E-state index contributed by atoms with van der Waals surface area (Å²) in [5.74, 6) is -0.0573. The number of fused-ring (bicyclic) bond motifs is 1. The highest BCUT2D eigenvalue weighted by atomic mass is 16.3. The summed E-state index contributed by atoms with van der Waals surface area (Å²) in [6.07, 6.45) is 4.74. The molecule has 0 aromatic heterocycles. The normalized spacial score (nSPS) is 46.0. The largest absolute Gasteiger partial charge is 0.393 e. The average Bonchev–Trinajstić information content (AvgIpc) is 2.36. The highest BCUT2D eigenvalue weighted by molar-refractivity contribution is 5.09. The quantitative estimate of drug-likeness (QED) is 0.584. The lowest BCUT2D eigenvalue weighted by atomic mass is 9.71. The standard InChI is InChI=1S/C12H20O2/c1-9-5-6-11(13)10-4-2-3-7-12(10,14)8-9/h10-11,13-14H,1-8H2/t10-,11-,12+/m1/s1/i1D2. The molecule has 2 N–H and O–H groups in total. The monoisotopic (exact) mass is 198 g/mol. The topological polar surface area (TPSA) is 40.5 Å². The molecule has 2 aliphatic carbocycles. The minimum atomic E-state index is -0.864. The third-order valence-electron chi connectivity index (χ3n) is 3.79. The Kier molecular flexibility index (Phi) is 2.07. The molecule has 0 aromatic carbocycles. The van der Waals surface area contributed by atoms with Crippen LogP contribution in [0.25, 0.3) is 0 Å². The van der Waals surface area contributed by atoms with Crippen LogP contribution < -0.4 is 0 Å². The van der Waals surface area contributed by atoms with Crippen LogP contribution in [0.1, 0.15) is 47.7 Å². The van der Waals surface area contributed by atoms with E-state index >= 15 is 0 Å². The van der Waals surface area contributed by atoms with Crippen LogP contribution in [0.2, 0.25) is 0 Å². The van der Waals surface area contributed by atoms with E-state index in [1.54, 1.807) is 0 Å². The van der Waals surface area contributed by atoms with Gasteiger partial charge in [0.05, 0.1) is 14.4 Å². The Morgan fingerprint density at radius 1 is 1.43 bits per heavy atom. The molecule has 2 rings (SSSR count). The second-order valence-electron chi connectivity index (χ2n) is 4.84. The molecule has 2 nitrogen and oxygen atoms in total. The van der Waals surface area contributed by atoms with Crippen LogP contribution in [0.4, 0.5) is 0 Å². The first-order valence-electron chi connectivity index (χ1n) is 6.58. The summed E-state index contributed by atoms with van der Waals surface area (Å²) < 4.78 is 14.8. The lowest BCUT2D eigenvalue weighted by molar-refractivity contribution is -0.0904. The summed E-state index contributed by atoms with van der Waals surface area (Å²) in [5, 5.41) is 20.6. The third-order valence-corrected chi connectivity index (χ3v) is 3.79. The van der Waals surface area contributed by atoms with Gasteiger partial charge in [-0.1, -0.05) is 24.9 Å². The summed E-state index contributed by atoms with van der Waals surface area (Å²) in [7, 11) is 0. The van der Waals surface area contributed by atoms with E-state index in [-0.39, 0.29) is 12.4 Å². The van der Waals surface area contributed by atoms with Crippen molar-refractivity contribution in [2.75, 3.05) is 0 Å². The molecular weight excluding hydrogens is 176 g/mol. The van der Waals surface area contributed by atoms with E-state index in [1.807, 2.05) is 0 Å². The molecule has 14 heavy (non-hydrogen) atoms. The number of rotatable bonds is 0. The van der Waals surface area contributed by atoms with E-state index in [1.165, 1.54) is 0 Å². The molecule has 3 atom stereocenters. The minimum absolute atomic E-state index is 0.0573. The number of aliphatic hydroxyl groups excluding tert-OH is 1. The summed E-state index contributed by atoms with van der Waals surface area (Å²) in [6, 6.07) is 0. The highest BCUT2D eigenvalue weighted by Gasteiger charge is 2.44. The van der Waals surface area contributed by atoms with Crippen molar-refractivity contribution in [2.24, 2.45) is 5.92 Å². The molecule has 0 bridgehead atoms. The molecule has 2 heteroatoms. The van der Waals surface area contributed by atoms with Gasteiger partial charge in [0.25, 0.3) is 0 Å². The summed E-state index contributed by atoms with van der Waals surface area (Å²) in [6.45, 7) is -0.174. The van der Waals surface area contributed by atoms with Crippen LogP contribution in [-0.4, -0.2) is 21.9 Å². The number of hydrogen-bond acceptors (Lipinski definition) is 2. The van der Waals surface area contributed by atoms with Crippen LogP contribution in [0.5, 0.6) is 0 Å². The molecule has 0 unspecified atom stereocenters. The highest BCUT2D eigenvalue weighted by Crippen LogP contribution is 2.43. The van der Waals surface area contributed by atoms with Gasteiger partial charge in [0.2, 0.25) is 0 Å². The maximum absolute atomic E-state index is 10.6. The predicted octanol–water partition coefficient (Wildman–Crippen LogP) is 2.01. The van der Waals surface area contributed by atoms with Crippen molar-refractivity contribution in [1.82, 2.24) is 0 Å². The predicted molar refractivity (Wildman–Crippen MR) is 55.9 cm³/mol. The maximum atomic E-state index is 10.6. The minimum Gasteiger partial charge on any atom is -0.393 e. The molecule has 0 aromatic rings. The van der Waals surface area contributed by atoms with Crippen molar-refractivity contribution in [3.05, 3.63) is 12.1 Å². The zero-order valence-corrected chi connectivity index (χ0v) is 8.50. The fourth-order valence-corrected chi connectivity index (χ4v) is 3.00. The van der Waals surface area contributed by atoms with Gasteiger partial charge < -0.3 is 10.2 Å². The first-order chi connectivity index (χ1) is 7.53. The van der Waals surface area contributed by atoms with E-state index < -0.39 is 11.7 Å². The van der Waals surface area contributed by atoms with E-state index in [0.717, 1.165) is 19.3 Å². The van der Waals surface area contributed by atoms with Crippen molar-refractivity contribution in [3.63, 3.8) is 0 Å². The van der Waals surface area contributed by atoms with Gasteiger partial charge in [0, 0.05) is 5.92 Å². The van der Waals surface area contributed by atoms with E-state index in [2.05, 4.69) is 0 Å². The average molecular weight is 198 g/mol. The zero-order chi connectivity index (χ0) is 11.8. The molecule has 0 amide bonds. The van der Waals surface area contributed by atoms with Crippen molar-refractivity contribution in [1.29, 1.82) is 0 Å². The molecular formula is C12H20O2. The van der Waals surface area contributed by atoms with E-state index in [0.29, 0.717) is 31.3 Å². The van der Waals surface area contributed by atoms with Gasteiger partial charge >= 0.3 is 0 Å². The number of aliphatic hydroxyl groups is 2. The molecule has 0 aliphatic heterocycles. The lowest BCUT2D eigenvalue weighted by Crippen LogP contribution is -2.45. The van der Waals surface area contributed by atoms with Crippen LogP contribution in [-0.2, 0) is 0 Å². The second kappa shape index (κ2) is 3.67. The van der Waals surface area contributed by atoms with Gasteiger partial charge in [-0.15, -0.1) is 0 Å². The SMILES string of the molecule is [2H]C([2H])=C1CC[C@@H](O)[C@H]2CCCC[C@]2(O)C1. The van der Waals surface area contributed by atoms with Crippen LogP contribution >= 0.6 is 0 Å². The fourth-order valence-electron chi connectivity index (χ4n) is 3.00. The lowest BCUT2D eigenvalue weighted by Gasteiger charge is -2.41. The van der Waals surface area contributed by atoms with Crippen molar-refractivity contribution in [2.45, 2.75) is 56.7 Å². The molecule has 0 saturated heterocycles. The Balaban J connectivity index is 2.27. The Labute approximate surface area is 88.5 Å². The van der Waals surface area contributed by atoms with Crippen molar-refractivity contribution >= 4 is 0 Å². The Bertz CT molecular complexity index is 299. The molecule has 0 spiro atoms. The van der Waals surface area contributed by atoms with Gasteiger partial charge in [-0.2, -0.15) is 0 Å². The summed E-state index contributed by atoms with van der Waals surface area (Å²) in [5.41, 5.74) is -0.164. The molecule has 2 aliphatic rings. The van der Waals surface area contributed by atoms with E-state index in [4.69, 9.17) is 2.74 Å². The first kappa shape index (κ1) is 7.89. The number of hydrogen-bond donors (Lipinski definition) is 2. The van der Waals surface area contributed by atoms with Gasteiger partial charge in [-0.05, 0) is 32.1 Å². The van der Waals surface area contributed by atoms with Crippen molar-refractivity contribution in [3.8, 4) is 0 Å². The van der Waals surface area contributed by atoms with Crippen LogP contribution in [0.15, 0.2) is 12.1 Å². The first-order valence-corrected chi connectivity index (χ1v) is 5.58. The fraction of sp³-hybridized carbons (Fsp3) is 0.833. The summed E-state index contributed by atoms with van der Waals surface area (Å²) >= 11 is 0. The van der Waals surface area contributed by atoms with Gasteiger partial charge in [-0.3, -0.25) is 0 Å². The van der Waals surface area contributed by atoms with Crippen molar-refractivity contribution < 1.29 is 13.0 Å². The van der Waals surface area contributed by atoms with Crippen LogP contribution in [0.3, 0.4) is 0 Å². The van der Waals surface area contributed by atoms with Gasteiger partial charge in [0.1, 0.15) is 0 Å². The molecule has 2 saturated carbocycles. The molecule has 2 fully saturated rings. The molecule has 0 heterocycles. The molecule has 0 radical (unpaired) electrons. The van der Waals surface area contributed by atoms with Crippen LogP contribution in [0, 0.1) is 5.92 Å². The Hall–Kier alpha value is -0.340. The van der Waals surface area contributed by atoms with Gasteiger partial charge in [0.15, 0.2) is 0 Å². The van der Waals surface area contributed by atoms with E-state index in [9.17, 15) is 10.2 Å².